The third-order valence-electron chi connectivity index (χ3n) is 1.76. The van der Waals surface area contributed by atoms with Crippen molar-refractivity contribution >= 4 is 31.3 Å². The van der Waals surface area contributed by atoms with Gasteiger partial charge in [-0.05, 0) is 24.3 Å². The molecule has 0 aliphatic heterocycles. The minimum absolute atomic E-state index is 0.136. The lowest BCUT2D eigenvalue weighted by atomic mass is 10.4. The largest absolute Gasteiger partial charge is 0.261 e. The van der Waals surface area contributed by atoms with Crippen molar-refractivity contribution in [3.8, 4) is 0 Å². The fraction of sp³-hybridized carbons (Fsp3) is 0. The second-order valence-electron chi connectivity index (χ2n) is 3.05. The maximum absolute atomic E-state index is 10.6. The molecule has 0 saturated heterocycles. The minimum atomic E-state index is -3.53. The van der Waals surface area contributed by atoms with Gasteiger partial charge in [-0.2, -0.15) is 0 Å². The molecule has 0 radical (unpaired) electrons. The van der Waals surface area contributed by atoms with Crippen molar-refractivity contribution in [3.63, 3.8) is 0 Å². The first-order valence-electron chi connectivity index (χ1n) is 4.70. The van der Waals surface area contributed by atoms with Crippen molar-refractivity contribution in [1.29, 1.82) is 0 Å². The number of benzene rings is 2. The van der Waals surface area contributed by atoms with Gasteiger partial charge in [0.05, 0.1) is 4.90 Å². The van der Waals surface area contributed by atoms with Crippen molar-refractivity contribution in [2.75, 3.05) is 0 Å². The van der Waals surface area contributed by atoms with E-state index in [0.29, 0.717) is 0 Å². The van der Waals surface area contributed by atoms with Crippen LogP contribution in [0.5, 0.6) is 0 Å². The van der Waals surface area contributed by atoms with E-state index in [-0.39, 0.29) is 4.90 Å². The molecule has 0 atom stereocenters. The highest BCUT2D eigenvalue weighted by atomic mass is 35.7. The molecule has 0 aromatic heterocycles. The highest BCUT2D eigenvalue weighted by Gasteiger charge is 2.06. The summed E-state index contributed by atoms with van der Waals surface area (Å²) >= 11 is 5.54. The molecule has 0 N–H and O–H groups in total. The van der Waals surface area contributed by atoms with Crippen LogP contribution in [0.25, 0.3) is 0 Å². The van der Waals surface area contributed by atoms with Gasteiger partial charge >= 0.3 is 0 Å². The summed E-state index contributed by atoms with van der Waals surface area (Å²) in [4.78, 5) is 0.136. The summed E-state index contributed by atoms with van der Waals surface area (Å²) in [5, 5.41) is 0.794. The smallest absolute Gasteiger partial charge is 0.207 e. The molecule has 0 spiro atoms. The van der Waals surface area contributed by atoms with Gasteiger partial charge in [0.25, 0.3) is 9.05 Å². The third-order valence-corrected chi connectivity index (χ3v) is 3.38. The molecule has 0 saturated carbocycles. The maximum atomic E-state index is 10.6. The quantitative estimate of drug-likeness (QED) is 0.745. The highest BCUT2D eigenvalue weighted by Crippen LogP contribution is 2.12. The normalized spacial score (nSPS) is 10.2. The molecule has 2 aromatic carbocycles. The van der Waals surface area contributed by atoms with Gasteiger partial charge in [0.15, 0.2) is 0 Å². The van der Waals surface area contributed by atoms with Crippen LogP contribution in [0, 0.1) is 0 Å². The zero-order valence-electron chi connectivity index (χ0n) is 8.75. The molecule has 2 aromatic rings. The fourth-order valence-electron chi connectivity index (χ4n) is 0.998. The Morgan fingerprint density at radius 2 is 1.18 bits per heavy atom. The average Bonchev–Trinajstić information content (AvgIpc) is 2.31. The summed E-state index contributed by atoms with van der Waals surface area (Å²) in [6, 6.07) is 17.3. The molecular weight excluding hydrogens is 279 g/mol. The van der Waals surface area contributed by atoms with Gasteiger partial charge in [-0.1, -0.05) is 48.0 Å². The minimum Gasteiger partial charge on any atom is -0.207 e. The van der Waals surface area contributed by atoms with Gasteiger partial charge in [-0.25, -0.2) is 8.42 Å². The van der Waals surface area contributed by atoms with Gasteiger partial charge in [0.2, 0.25) is 0 Å². The van der Waals surface area contributed by atoms with E-state index in [0.717, 1.165) is 5.02 Å². The molecular formula is C12H10Cl2O2S. The summed E-state index contributed by atoms with van der Waals surface area (Å²) in [7, 11) is 1.50. The highest BCUT2D eigenvalue weighted by molar-refractivity contribution is 8.13. The Morgan fingerprint density at radius 1 is 0.765 bits per heavy atom. The summed E-state index contributed by atoms with van der Waals surface area (Å²) in [5.41, 5.74) is 0. The topological polar surface area (TPSA) is 34.1 Å². The Morgan fingerprint density at radius 3 is 1.41 bits per heavy atom. The zero-order chi connectivity index (χ0) is 12.7. The number of halogens is 2. The third kappa shape index (κ3) is 5.73. The Hall–Kier alpha value is -1.03. The van der Waals surface area contributed by atoms with Gasteiger partial charge in [0, 0.05) is 15.7 Å². The molecule has 0 heterocycles. The summed E-state index contributed by atoms with van der Waals surface area (Å²) in [6.45, 7) is 0. The molecule has 0 unspecified atom stereocenters. The van der Waals surface area contributed by atoms with E-state index in [1.807, 2.05) is 30.3 Å². The first-order valence-corrected chi connectivity index (χ1v) is 7.39. The Bertz CT molecular complexity index is 539. The van der Waals surface area contributed by atoms with E-state index < -0.39 is 9.05 Å². The average molecular weight is 289 g/mol. The van der Waals surface area contributed by atoms with Crippen molar-refractivity contribution in [2.45, 2.75) is 4.90 Å². The summed E-state index contributed by atoms with van der Waals surface area (Å²) < 4.78 is 21.2. The monoisotopic (exact) mass is 288 g/mol. The Balaban J connectivity index is 0.000000181. The van der Waals surface area contributed by atoms with Crippen LogP contribution in [0.4, 0.5) is 0 Å². The van der Waals surface area contributed by atoms with Crippen LogP contribution in [0.2, 0.25) is 5.02 Å². The van der Waals surface area contributed by atoms with E-state index in [2.05, 4.69) is 0 Å². The Labute approximate surface area is 110 Å². The van der Waals surface area contributed by atoms with Crippen molar-refractivity contribution in [2.24, 2.45) is 0 Å². The van der Waals surface area contributed by atoms with Crippen molar-refractivity contribution in [3.05, 3.63) is 65.7 Å². The van der Waals surface area contributed by atoms with E-state index in [4.69, 9.17) is 22.3 Å². The first kappa shape index (κ1) is 14.0. The summed E-state index contributed by atoms with van der Waals surface area (Å²) in [5.74, 6) is 0. The van der Waals surface area contributed by atoms with Gasteiger partial charge in [-0.15, -0.1) is 0 Å². The van der Waals surface area contributed by atoms with E-state index in [1.54, 1.807) is 18.2 Å². The molecule has 0 aliphatic rings. The molecule has 5 heteroatoms. The van der Waals surface area contributed by atoms with Crippen LogP contribution in [0.1, 0.15) is 0 Å². The first-order chi connectivity index (χ1) is 8.00. The number of rotatable bonds is 1. The van der Waals surface area contributed by atoms with Crippen LogP contribution in [-0.4, -0.2) is 8.42 Å². The molecule has 2 rings (SSSR count). The predicted octanol–water partition coefficient (Wildman–Crippen LogP) is 3.95. The predicted molar refractivity (Wildman–Crippen MR) is 70.9 cm³/mol. The van der Waals surface area contributed by atoms with Gasteiger partial charge in [0.1, 0.15) is 0 Å². The maximum Gasteiger partial charge on any atom is 0.261 e. The lowest BCUT2D eigenvalue weighted by molar-refractivity contribution is 0.609. The lowest BCUT2D eigenvalue weighted by Gasteiger charge is -1.91. The van der Waals surface area contributed by atoms with Crippen LogP contribution in [-0.2, 0) is 9.05 Å². The molecule has 17 heavy (non-hydrogen) atoms. The number of hydrogen-bond acceptors (Lipinski definition) is 2. The van der Waals surface area contributed by atoms with E-state index in [1.165, 1.54) is 12.1 Å². The SMILES string of the molecule is Clc1ccccc1.O=S(=O)(Cl)c1ccccc1. The molecule has 0 bridgehead atoms. The van der Waals surface area contributed by atoms with Crippen molar-refractivity contribution in [1.82, 2.24) is 0 Å². The molecule has 0 amide bonds. The van der Waals surface area contributed by atoms with E-state index in [9.17, 15) is 8.42 Å². The van der Waals surface area contributed by atoms with E-state index >= 15 is 0 Å². The molecule has 2 nitrogen and oxygen atoms in total. The summed E-state index contributed by atoms with van der Waals surface area (Å²) in [6.07, 6.45) is 0. The second kappa shape index (κ2) is 6.64. The van der Waals surface area contributed by atoms with Crippen LogP contribution < -0.4 is 0 Å². The fourth-order valence-corrected chi connectivity index (χ4v) is 1.93. The molecule has 90 valence electrons. The van der Waals surface area contributed by atoms with Crippen molar-refractivity contribution < 1.29 is 8.42 Å². The Kier molecular flexibility index (Phi) is 5.48. The van der Waals surface area contributed by atoms with Gasteiger partial charge < -0.3 is 0 Å². The molecule has 0 aliphatic carbocycles. The van der Waals surface area contributed by atoms with Crippen LogP contribution in [0.15, 0.2) is 65.6 Å². The van der Waals surface area contributed by atoms with Crippen LogP contribution in [0.3, 0.4) is 0 Å². The standard InChI is InChI=1S/C6H5ClO2S.C6H5Cl/c7-10(8,9)6-4-2-1-3-5-6;7-6-4-2-1-3-5-6/h1-5H;1-5H. The van der Waals surface area contributed by atoms with Crippen LogP contribution >= 0.6 is 22.3 Å². The zero-order valence-corrected chi connectivity index (χ0v) is 11.1. The number of hydrogen-bond donors (Lipinski definition) is 0. The second-order valence-corrected chi connectivity index (χ2v) is 6.05. The molecule has 0 fully saturated rings. The lowest BCUT2D eigenvalue weighted by Crippen LogP contribution is -1.87. The van der Waals surface area contributed by atoms with Gasteiger partial charge in [-0.3, -0.25) is 0 Å².